The second kappa shape index (κ2) is 9.67. The second-order valence-corrected chi connectivity index (χ2v) is 7.64. The van der Waals surface area contributed by atoms with Gasteiger partial charge in [-0.05, 0) is 42.5 Å². The van der Waals surface area contributed by atoms with Gasteiger partial charge in [-0.1, -0.05) is 23.9 Å². The van der Waals surface area contributed by atoms with Gasteiger partial charge in [-0.25, -0.2) is 4.98 Å². The van der Waals surface area contributed by atoms with Gasteiger partial charge in [0.15, 0.2) is 5.78 Å². The molecular weight excluding hydrogens is 416 g/mol. The average Bonchev–Trinajstić information content (AvgIpc) is 3.21. The first kappa shape index (κ1) is 21.0. The zero-order chi connectivity index (χ0) is 20.8. The number of hydrogen-bond acceptors (Lipinski definition) is 6. The largest absolute Gasteiger partial charge is 0.497 e. The standard InChI is InChI=1S/C21H17F2NO3S2/c1-26-16-5-3-4-14(10-16)20-24-15(12-28-20)7-8-17(25)13-6-9-19(29-21(22)23)18(11-13)27-2/h3-12,21H,1-2H3. The number of hydrogen-bond donors (Lipinski definition) is 0. The van der Waals surface area contributed by atoms with E-state index in [0.717, 1.165) is 16.3 Å². The quantitative estimate of drug-likeness (QED) is 0.246. The van der Waals surface area contributed by atoms with Crippen LogP contribution in [0.3, 0.4) is 0 Å². The predicted molar refractivity (Wildman–Crippen MR) is 112 cm³/mol. The number of halogens is 2. The van der Waals surface area contributed by atoms with Crippen LogP contribution in [-0.4, -0.2) is 30.7 Å². The lowest BCUT2D eigenvalue weighted by Gasteiger charge is -2.08. The summed E-state index contributed by atoms with van der Waals surface area (Å²) in [6.45, 7) is 0. The Labute approximate surface area is 175 Å². The Hall–Kier alpha value is -2.71. The fourth-order valence-electron chi connectivity index (χ4n) is 2.52. The summed E-state index contributed by atoms with van der Waals surface area (Å²) in [4.78, 5) is 17.2. The van der Waals surface area contributed by atoms with E-state index in [0.29, 0.717) is 23.0 Å². The fraction of sp³-hybridized carbons (Fsp3) is 0.143. The van der Waals surface area contributed by atoms with Crippen molar-refractivity contribution < 1.29 is 23.0 Å². The SMILES string of the molecule is COc1cccc(-c2nc(C=CC(=O)c3ccc(SC(F)F)c(OC)c3)cs2)c1. The molecule has 150 valence electrons. The Bertz CT molecular complexity index is 1030. The molecular formula is C21H17F2NO3S2. The van der Waals surface area contributed by atoms with E-state index in [1.165, 1.54) is 42.7 Å². The minimum absolute atomic E-state index is 0.239. The summed E-state index contributed by atoms with van der Waals surface area (Å²) in [6, 6.07) is 12.0. The number of thioether (sulfide) groups is 1. The van der Waals surface area contributed by atoms with Gasteiger partial charge in [-0.15, -0.1) is 11.3 Å². The van der Waals surface area contributed by atoms with Crippen LogP contribution in [0.1, 0.15) is 16.1 Å². The molecule has 1 aromatic heterocycles. The maximum absolute atomic E-state index is 12.6. The minimum Gasteiger partial charge on any atom is -0.497 e. The number of carbonyl (C=O) groups excluding carboxylic acids is 1. The number of ketones is 1. The van der Waals surface area contributed by atoms with Crippen LogP contribution in [0.15, 0.2) is 58.8 Å². The predicted octanol–water partition coefficient (Wildman–Crippen LogP) is 6.04. The number of thiazole rings is 1. The molecule has 0 aliphatic heterocycles. The van der Waals surface area contributed by atoms with Crippen molar-refractivity contribution in [3.63, 3.8) is 0 Å². The molecule has 0 atom stereocenters. The normalized spacial score (nSPS) is 11.2. The van der Waals surface area contributed by atoms with Crippen molar-refractivity contribution in [3.05, 3.63) is 65.2 Å². The molecule has 0 bridgehead atoms. The Morgan fingerprint density at radius 1 is 1.17 bits per heavy atom. The van der Waals surface area contributed by atoms with Gasteiger partial charge in [-0.3, -0.25) is 4.79 Å². The van der Waals surface area contributed by atoms with Crippen molar-refractivity contribution in [2.45, 2.75) is 10.7 Å². The number of nitrogens with zero attached hydrogens (tertiary/aromatic N) is 1. The molecule has 0 radical (unpaired) electrons. The van der Waals surface area contributed by atoms with E-state index in [1.54, 1.807) is 13.2 Å². The molecule has 0 saturated carbocycles. The van der Waals surface area contributed by atoms with Crippen molar-refractivity contribution >= 4 is 35.0 Å². The molecule has 0 unspecified atom stereocenters. The highest BCUT2D eigenvalue weighted by Crippen LogP contribution is 2.34. The van der Waals surface area contributed by atoms with Gasteiger partial charge >= 0.3 is 0 Å². The summed E-state index contributed by atoms with van der Waals surface area (Å²) in [5.74, 6) is -1.85. The van der Waals surface area contributed by atoms with E-state index >= 15 is 0 Å². The minimum atomic E-state index is -2.56. The molecule has 4 nitrogen and oxygen atoms in total. The molecule has 0 fully saturated rings. The smallest absolute Gasteiger partial charge is 0.289 e. The average molecular weight is 434 g/mol. The molecule has 0 aliphatic rings. The summed E-state index contributed by atoms with van der Waals surface area (Å²) in [7, 11) is 2.98. The number of aromatic nitrogens is 1. The van der Waals surface area contributed by atoms with Gasteiger partial charge in [-0.2, -0.15) is 8.78 Å². The summed E-state index contributed by atoms with van der Waals surface area (Å²) in [5.41, 5.74) is 1.93. The van der Waals surface area contributed by atoms with Gasteiger partial charge in [0.1, 0.15) is 16.5 Å². The van der Waals surface area contributed by atoms with Crippen LogP contribution >= 0.6 is 23.1 Å². The molecule has 0 saturated heterocycles. The van der Waals surface area contributed by atoms with Crippen molar-refractivity contribution in [2.24, 2.45) is 0 Å². The van der Waals surface area contributed by atoms with E-state index in [1.807, 2.05) is 29.6 Å². The first-order valence-corrected chi connectivity index (χ1v) is 10.2. The Morgan fingerprint density at radius 2 is 2.00 bits per heavy atom. The maximum atomic E-state index is 12.6. The number of alkyl halides is 2. The van der Waals surface area contributed by atoms with Gasteiger partial charge in [0.2, 0.25) is 0 Å². The lowest BCUT2D eigenvalue weighted by Crippen LogP contribution is -1.97. The zero-order valence-corrected chi connectivity index (χ0v) is 17.2. The zero-order valence-electron chi connectivity index (χ0n) is 15.6. The molecule has 8 heteroatoms. The molecule has 2 aromatic carbocycles. The van der Waals surface area contributed by atoms with Crippen LogP contribution in [0.2, 0.25) is 0 Å². The van der Waals surface area contributed by atoms with E-state index in [4.69, 9.17) is 9.47 Å². The number of methoxy groups -OCH3 is 2. The third kappa shape index (κ3) is 5.42. The molecule has 3 rings (SSSR count). The van der Waals surface area contributed by atoms with Crippen LogP contribution < -0.4 is 9.47 Å². The first-order chi connectivity index (χ1) is 14.0. The number of ether oxygens (including phenoxy) is 2. The van der Waals surface area contributed by atoms with Crippen molar-refractivity contribution in [1.82, 2.24) is 4.98 Å². The van der Waals surface area contributed by atoms with Crippen molar-refractivity contribution in [2.75, 3.05) is 14.2 Å². The van der Waals surface area contributed by atoms with Gasteiger partial charge in [0.25, 0.3) is 5.76 Å². The monoisotopic (exact) mass is 433 g/mol. The van der Waals surface area contributed by atoms with Crippen LogP contribution in [0.4, 0.5) is 8.78 Å². The number of rotatable bonds is 8. The Kier molecular flexibility index (Phi) is 7.00. The third-order valence-corrected chi connectivity index (χ3v) is 5.59. The number of carbonyl (C=O) groups is 1. The van der Waals surface area contributed by atoms with Crippen LogP contribution in [0.25, 0.3) is 16.6 Å². The van der Waals surface area contributed by atoms with Crippen molar-refractivity contribution in [1.29, 1.82) is 0 Å². The van der Waals surface area contributed by atoms with Crippen LogP contribution in [-0.2, 0) is 0 Å². The van der Waals surface area contributed by atoms with Crippen LogP contribution in [0.5, 0.6) is 11.5 Å². The topological polar surface area (TPSA) is 48.4 Å². The third-order valence-electron chi connectivity index (χ3n) is 3.91. The molecule has 29 heavy (non-hydrogen) atoms. The number of allylic oxidation sites excluding steroid dienone is 1. The lowest BCUT2D eigenvalue weighted by atomic mass is 10.1. The molecule has 0 amide bonds. The molecule has 3 aromatic rings. The Balaban J connectivity index is 1.75. The summed E-state index contributed by atoms with van der Waals surface area (Å²) < 4.78 is 35.5. The van der Waals surface area contributed by atoms with E-state index < -0.39 is 5.76 Å². The maximum Gasteiger partial charge on any atom is 0.289 e. The second-order valence-electron chi connectivity index (χ2n) is 5.75. The number of benzene rings is 2. The summed E-state index contributed by atoms with van der Waals surface area (Å²) >= 11 is 1.84. The highest BCUT2D eigenvalue weighted by atomic mass is 32.2. The highest BCUT2D eigenvalue weighted by Gasteiger charge is 2.13. The first-order valence-electron chi connectivity index (χ1n) is 8.45. The van der Waals surface area contributed by atoms with E-state index in [2.05, 4.69) is 4.98 Å². The van der Waals surface area contributed by atoms with Crippen molar-refractivity contribution in [3.8, 4) is 22.1 Å². The summed E-state index contributed by atoms with van der Waals surface area (Å²) in [5, 5.41) is 2.66. The Morgan fingerprint density at radius 3 is 2.72 bits per heavy atom. The van der Waals surface area contributed by atoms with Gasteiger partial charge in [0.05, 0.1) is 24.8 Å². The molecule has 0 spiro atoms. The fourth-order valence-corrected chi connectivity index (χ4v) is 3.90. The van der Waals surface area contributed by atoms with Gasteiger partial charge in [0, 0.05) is 16.5 Å². The lowest BCUT2D eigenvalue weighted by molar-refractivity contribution is 0.104. The van der Waals surface area contributed by atoms with Gasteiger partial charge < -0.3 is 9.47 Å². The van der Waals surface area contributed by atoms with E-state index in [-0.39, 0.29) is 16.4 Å². The molecule has 1 heterocycles. The molecule has 0 aliphatic carbocycles. The van der Waals surface area contributed by atoms with E-state index in [9.17, 15) is 13.6 Å². The summed E-state index contributed by atoms with van der Waals surface area (Å²) in [6.07, 6.45) is 3.02. The van der Waals surface area contributed by atoms with Crippen LogP contribution in [0, 0.1) is 0 Å². The molecule has 0 N–H and O–H groups in total. The highest BCUT2D eigenvalue weighted by molar-refractivity contribution is 7.99.